The minimum atomic E-state index is 0.139. The van der Waals surface area contributed by atoms with Gasteiger partial charge in [0.2, 0.25) is 5.91 Å². The van der Waals surface area contributed by atoms with Crippen LogP contribution in [0.15, 0.2) is 24.3 Å². The zero-order chi connectivity index (χ0) is 14.8. The van der Waals surface area contributed by atoms with E-state index >= 15 is 0 Å². The van der Waals surface area contributed by atoms with Crippen molar-refractivity contribution < 1.29 is 4.79 Å². The van der Waals surface area contributed by atoms with Crippen LogP contribution in [0.2, 0.25) is 0 Å². The van der Waals surface area contributed by atoms with E-state index in [9.17, 15) is 4.79 Å². The first-order chi connectivity index (χ1) is 9.65. The molecule has 0 spiro atoms. The molecule has 2 nitrogen and oxygen atoms in total. The lowest BCUT2D eigenvalue weighted by Gasteiger charge is -2.21. The third-order valence-corrected chi connectivity index (χ3v) is 3.71. The van der Waals surface area contributed by atoms with Gasteiger partial charge in [-0.25, -0.2) is 0 Å². The summed E-state index contributed by atoms with van der Waals surface area (Å²) in [5.74, 6) is 0.139. The fourth-order valence-electron chi connectivity index (χ4n) is 2.42. The third kappa shape index (κ3) is 6.23. The van der Waals surface area contributed by atoms with Crippen molar-refractivity contribution in [3.05, 3.63) is 29.8 Å². The maximum Gasteiger partial charge on any atom is 0.223 e. The smallest absolute Gasteiger partial charge is 0.223 e. The van der Waals surface area contributed by atoms with E-state index in [1.54, 1.807) is 6.92 Å². The second-order valence-corrected chi connectivity index (χ2v) is 5.63. The lowest BCUT2D eigenvalue weighted by molar-refractivity contribution is -0.116. The fourth-order valence-corrected chi connectivity index (χ4v) is 2.42. The van der Waals surface area contributed by atoms with Gasteiger partial charge in [-0.05, 0) is 25.5 Å². The van der Waals surface area contributed by atoms with Crippen molar-refractivity contribution in [3.8, 4) is 0 Å². The molecule has 0 atom stereocenters. The Labute approximate surface area is 124 Å². The molecule has 0 unspecified atom stereocenters. The van der Waals surface area contributed by atoms with Gasteiger partial charge in [0.1, 0.15) is 0 Å². The molecule has 1 aromatic rings. The zero-order valence-electron chi connectivity index (χ0n) is 13.3. The van der Waals surface area contributed by atoms with E-state index in [0.29, 0.717) is 0 Å². The summed E-state index contributed by atoms with van der Waals surface area (Å²) in [6.07, 6.45) is 8.94. The first kappa shape index (κ1) is 16.7. The topological polar surface area (TPSA) is 20.3 Å². The molecule has 0 saturated heterocycles. The van der Waals surface area contributed by atoms with Crippen molar-refractivity contribution in [2.45, 2.75) is 65.7 Å². The number of anilines is 1. The molecule has 0 aliphatic carbocycles. The molecular formula is C18H29NO. The van der Waals surface area contributed by atoms with Gasteiger partial charge in [-0.1, -0.05) is 63.1 Å². The Kier molecular flexibility index (Phi) is 8.01. The van der Waals surface area contributed by atoms with Gasteiger partial charge >= 0.3 is 0 Å². The van der Waals surface area contributed by atoms with Gasteiger partial charge in [0.05, 0.1) is 0 Å². The van der Waals surface area contributed by atoms with Crippen molar-refractivity contribution in [3.63, 3.8) is 0 Å². The second-order valence-electron chi connectivity index (χ2n) is 5.63. The zero-order valence-corrected chi connectivity index (χ0v) is 13.3. The summed E-state index contributed by atoms with van der Waals surface area (Å²) in [6, 6.07) is 8.21. The molecule has 112 valence electrons. The SMILES string of the molecule is CCCCCCCCCN(C(C)=O)c1ccc(C)cc1. The number of rotatable bonds is 9. The monoisotopic (exact) mass is 275 g/mol. The quantitative estimate of drug-likeness (QED) is 0.574. The van der Waals surface area contributed by atoms with Crippen LogP contribution in [0.3, 0.4) is 0 Å². The standard InChI is InChI=1S/C18H29NO/c1-4-5-6-7-8-9-10-15-19(17(3)20)18-13-11-16(2)12-14-18/h11-14H,4-10,15H2,1-3H3. The summed E-state index contributed by atoms with van der Waals surface area (Å²) in [5, 5.41) is 0. The van der Waals surface area contributed by atoms with Crippen LogP contribution in [0.5, 0.6) is 0 Å². The van der Waals surface area contributed by atoms with Crippen LogP contribution < -0.4 is 4.90 Å². The molecule has 0 N–H and O–H groups in total. The van der Waals surface area contributed by atoms with Gasteiger partial charge < -0.3 is 4.90 Å². The minimum absolute atomic E-state index is 0.139. The first-order valence-corrected chi connectivity index (χ1v) is 8.00. The minimum Gasteiger partial charge on any atom is -0.313 e. The van der Waals surface area contributed by atoms with Crippen molar-refractivity contribution >= 4 is 11.6 Å². The van der Waals surface area contributed by atoms with Crippen molar-refractivity contribution in [1.29, 1.82) is 0 Å². The van der Waals surface area contributed by atoms with E-state index in [1.165, 1.54) is 44.1 Å². The molecule has 0 aromatic heterocycles. The summed E-state index contributed by atoms with van der Waals surface area (Å²) in [5.41, 5.74) is 2.25. The maximum atomic E-state index is 11.8. The molecule has 0 heterocycles. The number of benzene rings is 1. The molecular weight excluding hydrogens is 246 g/mol. The average Bonchev–Trinajstić information content (AvgIpc) is 2.43. The number of hydrogen-bond donors (Lipinski definition) is 0. The van der Waals surface area contributed by atoms with Crippen LogP contribution in [-0.2, 0) is 4.79 Å². The average molecular weight is 275 g/mol. The molecule has 0 bridgehead atoms. The normalized spacial score (nSPS) is 10.6. The molecule has 1 amide bonds. The van der Waals surface area contributed by atoms with E-state index in [0.717, 1.165) is 18.7 Å². The Morgan fingerprint density at radius 3 is 2.05 bits per heavy atom. The number of unbranched alkanes of at least 4 members (excludes halogenated alkanes) is 6. The van der Waals surface area contributed by atoms with E-state index in [1.807, 2.05) is 17.0 Å². The Balaban J connectivity index is 2.33. The van der Waals surface area contributed by atoms with Crippen LogP contribution in [0.25, 0.3) is 0 Å². The maximum absolute atomic E-state index is 11.8. The lowest BCUT2D eigenvalue weighted by Crippen LogP contribution is -2.29. The van der Waals surface area contributed by atoms with Gasteiger partial charge in [-0.2, -0.15) is 0 Å². The third-order valence-electron chi connectivity index (χ3n) is 3.71. The van der Waals surface area contributed by atoms with E-state index in [4.69, 9.17) is 0 Å². The molecule has 0 fully saturated rings. The van der Waals surface area contributed by atoms with E-state index in [2.05, 4.69) is 26.0 Å². The number of hydrogen-bond acceptors (Lipinski definition) is 1. The Bertz CT molecular complexity index is 383. The van der Waals surface area contributed by atoms with E-state index in [-0.39, 0.29) is 5.91 Å². The van der Waals surface area contributed by atoms with Gasteiger partial charge in [0.15, 0.2) is 0 Å². The van der Waals surface area contributed by atoms with Crippen LogP contribution in [0.4, 0.5) is 5.69 Å². The summed E-state index contributed by atoms with van der Waals surface area (Å²) in [4.78, 5) is 13.7. The lowest BCUT2D eigenvalue weighted by atomic mass is 10.1. The predicted molar refractivity (Wildman–Crippen MR) is 87.2 cm³/mol. The van der Waals surface area contributed by atoms with Gasteiger partial charge in [0.25, 0.3) is 0 Å². The number of carbonyl (C=O) groups is 1. The Morgan fingerprint density at radius 1 is 0.950 bits per heavy atom. The number of carbonyl (C=O) groups excluding carboxylic acids is 1. The predicted octanol–water partition coefficient (Wildman–Crippen LogP) is 5.10. The molecule has 0 saturated carbocycles. The van der Waals surface area contributed by atoms with Crippen molar-refractivity contribution in [1.82, 2.24) is 0 Å². The highest BCUT2D eigenvalue weighted by Gasteiger charge is 2.10. The van der Waals surface area contributed by atoms with E-state index < -0.39 is 0 Å². The molecule has 2 heteroatoms. The Hall–Kier alpha value is -1.31. The number of aryl methyl sites for hydroxylation is 1. The number of amides is 1. The van der Waals surface area contributed by atoms with Crippen LogP contribution in [-0.4, -0.2) is 12.5 Å². The molecule has 0 aliphatic rings. The Morgan fingerprint density at radius 2 is 1.50 bits per heavy atom. The van der Waals surface area contributed by atoms with Gasteiger partial charge in [0, 0.05) is 19.2 Å². The summed E-state index contributed by atoms with van der Waals surface area (Å²) >= 11 is 0. The summed E-state index contributed by atoms with van der Waals surface area (Å²) in [6.45, 7) is 6.80. The first-order valence-electron chi connectivity index (χ1n) is 8.00. The molecule has 1 rings (SSSR count). The largest absolute Gasteiger partial charge is 0.313 e. The second kappa shape index (κ2) is 9.57. The van der Waals surface area contributed by atoms with Crippen LogP contribution in [0.1, 0.15) is 64.4 Å². The summed E-state index contributed by atoms with van der Waals surface area (Å²) in [7, 11) is 0. The molecule has 0 aliphatic heterocycles. The highest BCUT2D eigenvalue weighted by Crippen LogP contribution is 2.17. The summed E-state index contributed by atoms with van der Waals surface area (Å²) < 4.78 is 0. The molecule has 20 heavy (non-hydrogen) atoms. The van der Waals surface area contributed by atoms with Crippen LogP contribution >= 0.6 is 0 Å². The fraction of sp³-hybridized carbons (Fsp3) is 0.611. The highest BCUT2D eigenvalue weighted by molar-refractivity contribution is 5.91. The molecule has 1 aromatic carbocycles. The van der Waals surface area contributed by atoms with Crippen LogP contribution in [0, 0.1) is 6.92 Å². The molecule has 0 radical (unpaired) electrons. The highest BCUT2D eigenvalue weighted by atomic mass is 16.2. The van der Waals surface area contributed by atoms with Gasteiger partial charge in [-0.3, -0.25) is 4.79 Å². The van der Waals surface area contributed by atoms with Crippen molar-refractivity contribution in [2.75, 3.05) is 11.4 Å². The number of nitrogens with zero attached hydrogens (tertiary/aromatic N) is 1. The van der Waals surface area contributed by atoms with Crippen molar-refractivity contribution in [2.24, 2.45) is 0 Å². The van der Waals surface area contributed by atoms with Gasteiger partial charge in [-0.15, -0.1) is 0 Å².